The van der Waals surface area contributed by atoms with Crippen LogP contribution in [0.4, 0.5) is 19.4 Å². The van der Waals surface area contributed by atoms with Crippen LogP contribution in [0.25, 0.3) is 0 Å². The van der Waals surface area contributed by atoms with Gasteiger partial charge in [0.25, 0.3) is 0 Å². The number of rotatable bonds is 10. The number of carbonyl (C=O) groups excluding carboxylic acids is 3. The van der Waals surface area contributed by atoms with E-state index in [-0.39, 0.29) is 18.1 Å². The minimum atomic E-state index is -3.89. The number of carbonyl (C=O) groups is 3. The molecule has 2 rings (SSSR count). The molecule has 0 spiro atoms. The molecule has 0 aliphatic carbocycles. The van der Waals surface area contributed by atoms with E-state index in [9.17, 15) is 33.1 Å². The Labute approximate surface area is 211 Å². The van der Waals surface area contributed by atoms with Crippen LogP contribution in [0.5, 0.6) is 0 Å². The van der Waals surface area contributed by atoms with E-state index >= 15 is 0 Å². The summed E-state index contributed by atoms with van der Waals surface area (Å²) in [5.41, 5.74) is -2.03. The Hall–Kier alpha value is -3.17. The van der Waals surface area contributed by atoms with E-state index in [0.29, 0.717) is 24.0 Å². The van der Waals surface area contributed by atoms with Gasteiger partial charge in [0.05, 0.1) is 6.61 Å². The van der Waals surface area contributed by atoms with Crippen molar-refractivity contribution in [1.29, 1.82) is 0 Å². The van der Waals surface area contributed by atoms with Crippen LogP contribution in [0, 0.1) is 0 Å². The first-order chi connectivity index (χ1) is 17.2. The second-order valence-electron chi connectivity index (χ2n) is 9.50. The van der Waals surface area contributed by atoms with Gasteiger partial charge in [0.2, 0.25) is 18.0 Å². The van der Waals surface area contributed by atoms with Gasteiger partial charge in [0, 0.05) is 19.7 Å². The highest BCUT2D eigenvalue weighted by molar-refractivity contribution is 5.95. The second kappa shape index (κ2) is 12.4. The van der Waals surface area contributed by atoms with Gasteiger partial charge in [0.1, 0.15) is 23.6 Å². The molecular weight excluding hydrogens is 500 g/mol. The number of anilines is 1. The number of hydrogen-bond acceptors (Lipinski definition) is 9. The van der Waals surface area contributed by atoms with Gasteiger partial charge in [-0.15, -0.1) is 0 Å². The van der Waals surface area contributed by atoms with E-state index in [0.717, 1.165) is 12.3 Å². The number of alkyl halides is 2. The standard InChI is InChI=1S/C22H33F2N5O8/c1-12(31)25-9-6-5-7-13(26-20(35)37-21(2,3)4)17(33)27-15-8-10-29(19(34)28-15)18-22(23,24)16(32)14(11-30)36-18/h8,10,13-14,16,18,30,32H,5-7,9,11H2,1-4H3,(H,25,31)(H,26,35)(H,27,28,33,34)/t13?,14-,16-,18-/m1/s1. The number of alkyl carbamates (subject to hydrolysis) is 1. The van der Waals surface area contributed by atoms with Crippen molar-refractivity contribution in [2.24, 2.45) is 0 Å². The van der Waals surface area contributed by atoms with Crippen molar-refractivity contribution >= 4 is 23.7 Å². The molecule has 1 unspecified atom stereocenters. The van der Waals surface area contributed by atoms with Crippen molar-refractivity contribution in [1.82, 2.24) is 20.2 Å². The summed E-state index contributed by atoms with van der Waals surface area (Å²) in [6.07, 6.45) is -4.99. The molecule has 3 amide bonds. The Morgan fingerprint density at radius 2 is 1.97 bits per heavy atom. The first-order valence-corrected chi connectivity index (χ1v) is 11.6. The van der Waals surface area contributed by atoms with Crippen molar-refractivity contribution in [3.05, 3.63) is 22.7 Å². The van der Waals surface area contributed by atoms with E-state index in [1.807, 2.05) is 0 Å². The Bertz CT molecular complexity index is 1030. The molecular formula is C22H33F2N5O8. The van der Waals surface area contributed by atoms with Gasteiger partial charge in [-0.05, 0) is 46.1 Å². The number of ether oxygens (including phenoxy) is 2. The normalized spacial score (nSPS) is 21.7. The van der Waals surface area contributed by atoms with Crippen LogP contribution < -0.4 is 21.6 Å². The topological polar surface area (TPSA) is 181 Å². The van der Waals surface area contributed by atoms with Crippen molar-refractivity contribution in [3.63, 3.8) is 0 Å². The smallest absolute Gasteiger partial charge is 0.408 e. The van der Waals surface area contributed by atoms with Crippen LogP contribution in [0.3, 0.4) is 0 Å². The second-order valence-corrected chi connectivity index (χ2v) is 9.50. The summed E-state index contributed by atoms with van der Waals surface area (Å²) in [5, 5.41) is 26.2. The van der Waals surface area contributed by atoms with E-state index in [1.54, 1.807) is 20.8 Å². The number of aliphatic hydroxyl groups is 2. The lowest BCUT2D eigenvalue weighted by atomic mass is 10.1. The van der Waals surface area contributed by atoms with Gasteiger partial charge >= 0.3 is 17.7 Å². The summed E-state index contributed by atoms with van der Waals surface area (Å²) in [6, 6.07) is -0.0296. The van der Waals surface area contributed by atoms with Crippen LogP contribution in [-0.2, 0) is 19.1 Å². The first-order valence-electron chi connectivity index (χ1n) is 11.6. The van der Waals surface area contributed by atoms with Gasteiger partial charge in [-0.3, -0.25) is 14.2 Å². The Balaban J connectivity index is 2.13. The van der Waals surface area contributed by atoms with Crippen LogP contribution in [0.1, 0.15) is 53.2 Å². The van der Waals surface area contributed by atoms with Crippen LogP contribution in [0.15, 0.2) is 17.1 Å². The van der Waals surface area contributed by atoms with E-state index < -0.39 is 60.3 Å². The highest BCUT2D eigenvalue weighted by Crippen LogP contribution is 2.41. The third kappa shape index (κ3) is 8.43. The first kappa shape index (κ1) is 30.1. The van der Waals surface area contributed by atoms with E-state index in [4.69, 9.17) is 14.6 Å². The molecule has 1 aromatic rings. The van der Waals surface area contributed by atoms with Crippen molar-refractivity contribution < 1.29 is 42.9 Å². The highest BCUT2D eigenvalue weighted by atomic mass is 19.3. The third-order valence-corrected chi connectivity index (χ3v) is 5.19. The quantitative estimate of drug-likeness (QED) is 0.264. The van der Waals surface area contributed by atoms with Gasteiger partial charge in [-0.2, -0.15) is 13.8 Å². The highest BCUT2D eigenvalue weighted by Gasteiger charge is 2.59. The summed E-state index contributed by atoms with van der Waals surface area (Å²) in [4.78, 5) is 52.1. The molecule has 2 heterocycles. The average molecular weight is 534 g/mol. The predicted molar refractivity (Wildman–Crippen MR) is 125 cm³/mol. The summed E-state index contributed by atoms with van der Waals surface area (Å²) in [5.74, 6) is -5.11. The molecule has 15 heteroatoms. The SMILES string of the molecule is CC(=O)NCCCCC(NC(=O)OC(C)(C)C)C(=O)Nc1ccn([C@@H]2O[C@H](CO)[C@@H](O)C2(F)F)c(=O)n1. The molecule has 37 heavy (non-hydrogen) atoms. The van der Waals surface area contributed by atoms with Crippen LogP contribution in [0.2, 0.25) is 0 Å². The van der Waals surface area contributed by atoms with Crippen LogP contribution in [-0.4, -0.2) is 80.6 Å². The predicted octanol–water partition coefficient (Wildman–Crippen LogP) is 0.267. The monoisotopic (exact) mass is 533 g/mol. The van der Waals surface area contributed by atoms with Gasteiger partial charge < -0.3 is 35.6 Å². The summed E-state index contributed by atoms with van der Waals surface area (Å²) < 4.78 is 39.3. The molecule has 1 fully saturated rings. The third-order valence-electron chi connectivity index (χ3n) is 5.19. The Morgan fingerprint density at radius 1 is 1.30 bits per heavy atom. The number of aliphatic hydroxyl groups excluding tert-OH is 2. The fourth-order valence-electron chi connectivity index (χ4n) is 3.45. The number of unbranched alkanes of at least 4 members (excludes halogenated alkanes) is 1. The number of halogens is 2. The number of nitrogens with one attached hydrogen (secondary N) is 3. The maximum absolute atomic E-state index is 14.4. The molecule has 4 atom stereocenters. The summed E-state index contributed by atoms with van der Waals surface area (Å²) in [6.45, 7) is 5.79. The zero-order valence-corrected chi connectivity index (χ0v) is 21.0. The van der Waals surface area contributed by atoms with Crippen molar-refractivity contribution in [3.8, 4) is 0 Å². The molecule has 208 valence electrons. The fourth-order valence-corrected chi connectivity index (χ4v) is 3.45. The largest absolute Gasteiger partial charge is 0.444 e. The zero-order chi connectivity index (χ0) is 28.0. The average Bonchev–Trinajstić information content (AvgIpc) is 3.00. The number of hydrogen-bond donors (Lipinski definition) is 5. The minimum Gasteiger partial charge on any atom is -0.444 e. The van der Waals surface area contributed by atoms with E-state index in [1.165, 1.54) is 6.92 Å². The fraction of sp³-hybridized carbons (Fsp3) is 0.682. The van der Waals surface area contributed by atoms with E-state index in [2.05, 4.69) is 20.9 Å². The van der Waals surface area contributed by atoms with Gasteiger partial charge in [0.15, 0.2) is 6.10 Å². The number of nitrogens with zero attached hydrogens (tertiary/aromatic N) is 2. The summed E-state index contributed by atoms with van der Waals surface area (Å²) in [7, 11) is 0. The van der Waals surface area contributed by atoms with Gasteiger partial charge in [-0.25, -0.2) is 9.59 Å². The molecule has 0 aromatic carbocycles. The molecule has 1 saturated heterocycles. The summed E-state index contributed by atoms with van der Waals surface area (Å²) >= 11 is 0. The van der Waals surface area contributed by atoms with Crippen molar-refractivity contribution in [2.45, 2.75) is 83.0 Å². The molecule has 1 aromatic heterocycles. The maximum Gasteiger partial charge on any atom is 0.408 e. The molecule has 5 N–H and O–H groups in total. The zero-order valence-electron chi connectivity index (χ0n) is 21.0. The molecule has 0 radical (unpaired) electrons. The molecule has 0 bridgehead atoms. The number of aromatic nitrogens is 2. The number of amides is 3. The minimum absolute atomic E-state index is 0.157. The molecule has 1 aliphatic heterocycles. The Kier molecular flexibility index (Phi) is 10.1. The Morgan fingerprint density at radius 3 is 2.51 bits per heavy atom. The lowest BCUT2D eigenvalue weighted by Crippen LogP contribution is -2.46. The maximum atomic E-state index is 14.4. The molecule has 0 saturated carbocycles. The van der Waals surface area contributed by atoms with Crippen LogP contribution >= 0.6 is 0 Å². The molecule has 13 nitrogen and oxygen atoms in total. The van der Waals surface area contributed by atoms with Crippen molar-refractivity contribution in [2.75, 3.05) is 18.5 Å². The lowest BCUT2D eigenvalue weighted by molar-refractivity contribution is -0.141. The lowest BCUT2D eigenvalue weighted by Gasteiger charge is -2.23. The van der Waals surface area contributed by atoms with Gasteiger partial charge in [-0.1, -0.05) is 0 Å². The molecule has 1 aliphatic rings.